The molecule has 5 nitrogen and oxygen atoms in total. The molecule has 2 rings (SSSR count). The number of amides is 1. The maximum atomic E-state index is 12.2. The van der Waals surface area contributed by atoms with Gasteiger partial charge in [-0.2, -0.15) is 0 Å². The molecule has 1 heterocycles. The topological polar surface area (TPSA) is 83.6 Å². The van der Waals surface area contributed by atoms with Gasteiger partial charge < -0.3 is 15.7 Å². The lowest BCUT2D eigenvalue weighted by atomic mass is 9.88. The lowest BCUT2D eigenvalue weighted by molar-refractivity contribution is -0.143. The fraction of sp³-hybridized carbons (Fsp3) is 0.833. The lowest BCUT2D eigenvalue weighted by Gasteiger charge is -2.27. The molecule has 0 spiro atoms. The van der Waals surface area contributed by atoms with E-state index < -0.39 is 11.5 Å². The molecule has 3 N–H and O–H groups in total. The second kappa shape index (κ2) is 4.64. The molecule has 0 aromatic rings. The quantitative estimate of drug-likeness (QED) is 0.739. The van der Waals surface area contributed by atoms with E-state index in [1.807, 2.05) is 0 Å². The number of carbonyl (C=O) groups excluding carboxylic acids is 1. The largest absolute Gasteiger partial charge is 0.480 e. The van der Waals surface area contributed by atoms with E-state index in [1.54, 1.807) is 4.90 Å². The predicted molar refractivity (Wildman–Crippen MR) is 62.3 cm³/mol. The highest BCUT2D eigenvalue weighted by molar-refractivity contribution is 5.84. The summed E-state index contributed by atoms with van der Waals surface area (Å²) in [5.74, 6) is -0.797. The third kappa shape index (κ3) is 2.44. The van der Waals surface area contributed by atoms with Gasteiger partial charge in [-0.3, -0.25) is 9.59 Å². The first-order chi connectivity index (χ1) is 8.03. The highest BCUT2D eigenvalue weighted by Gasteiger charge is 2.44. The molecule has 2 aliphatic rings. The smallest absolute Gasteiger partial charge is 0.325 e. The number of rotatable bonds is 2. The Kier molecular flexibility index (Phi) is 3.38. The van der Waals surface area contributed by atoms with Gasteiger partial charge in [0.15, 0.2) is 0 Å². The molecule has 1 saturated heterocycles. The molecular formula is C12H20N2O3. The van der Waals surface area contributed by atoms with Crippen molar-refractivity contribution in [3.05, 3.63) is 0 Å². The number of hydrogen-bond donors (Lipinski definition) is 2. The maximum Gasteiger partial charge on any atom is 0.325 e. The molecule has 1 saturated carbocycles. The van der Waals surface area contributed by atoms with Crippen LogP contribution in [0.3, 0.4) is 0 Å². The van der Waals surface area contributed by atoms with Gasteiger partial charge in [0.1, 0.15) is 5.54 Å². The Morgan fingerprint density at radius 3 is 2.41 bits per heavy atom. The number of nitrogens with zero attached hydrogens (tertiary/aromatic N) is 1. The van der Waals surface area contributed by atoms with Gasteiger partial charge in [-0.25, -0.2) is 0 Å². The van der Waals surface area contributed by atoms with E-state index in [4.69, 9.17) is 10.8 Å². The van der Waals surface area contributed by atoms with E-state index in [0.717, 1.165) is 25.7 Å². The van der Waals surface area contributed by atoms with Crippen LogP contribution < -0.4 is 5.73 Å². The van der Waals surface area contributed by atoms with Gasteiger partial charge in [-0.05, 0) is 19.3 Å². The summed E-state index contributed by atoms with van der Waals surface area (Å²) in [7, 11) is 0. The van der Waals surface area contributed by atoms with Crippen molar-refractivity contribution in [1.29, 1.82) is 0 Å². The average molecular weight is 240 g/mol. The fourth-order valence-corrected chi connectivity index (χ4v) is 2.80. The van der Waals surface area contributed by atoms with Gasteiger partial charge in [0.2, 0.25) is 5.91 Å². The van der Waals surface area contributed by atoms with Crippen LogP contribution in [0, 0.1) is 5.92 Å². The van der Waals surface area contributed by atoms with Gasteiger partial charge in [0.25, 0.3) is 0 Å². The number of carboxylic acid groups (broad SMARTS) is 1. The van der Waals surface area contributed by atoms with Crippen LogP contribution in [0.2, 0.25) is 0 Å². The second-order valence-electron chi connectivity index (χ2n) is 5.31. The molecule has 1 aliphatic carbocycles. The van der Waals surface area contributed by atoms with Crippen molar-refractivity contribution in [2.45, 2.75) is 44.1 Å². The van der Waals surface area contributed by atoms with Crippen LogP contribution in [-0.2, 0) is 9.59 Å². The molecule has 1 unspecified atom stereocenters. The second-order valence-corrected chi connectivity index (χ2v) is 5.31. The van der Waals surface area contributed by atoms with Crippen LogP contribution in [0.15, 0.2) is 0 Å². The molecular weight excluding hydrogens is 220 g/mol. The third-order valence-corrected chi connectivity index (χ3v) is 3.99. The van der Waals surface area contributed by atoms with Crippen molar-refractivity contribution in [1.82, 2.24) is 4.90 Å². The lowest BCUT2D eigenvalue weighted by Crippen LogP contribution is -2.51. The fourth-order valence-electron chi connectivity index (χ4n) is 2.80. The predicted octanol–water partition coefficient (Wildman–Crippen LogP) is 0.581. The van der Waals surface area contributed by atoms with Gasteiger partial charge in [0, 0.05) is 19.0 Å². The van der Waals surface area contributed by atoms with E-state index in [0.29, 0.717) is 13.0 Å². The minimum atomic E-state index is -1.23. The molecule has 0 radical (unpaired) electrons. The standard InChI is InChI=1S/C12H20N2O3/c13-12(11(16)17)6-7-14(8-12)10(15)9-4-2-1-3-5-9/h9H,1-8,13H2,(H,16,17). The van der Waals surface area contributed by atoms with Crippen LogP contribution >= 0.6 is 0 Å². The minimum Gasteiger partial charge on any atom is -0.480 e. The zero-order valence-electron chi connectivity index (χ0n) is 10.0. The number of carbonyl (C=O) groups is 2. The molecule has 1 amide bonds. The Morgan fingerprint density at radius 1 is 1.24 bits per heavy atom. The average Bonchev–Trinajstić information content (AvgIpc) is 2.74. The molecule has 17 heavy (non-hydrogen) atoms. The van der Waals surface area contributed by atoms with Crippen LogP contribution in [0.25, 0.3) is 0 Å². The highest BCUT2D eigenvalue weighted by Crippen LogP contribution is 2.28. The maximum absolute atomic E-state index is 12.2. The summed E-state index contributed by atoms with van der Waals surface area (Å²) in [6.45, 7) is 0.649. The van der Waals surface area contributed by atoms with Crippen molar-refractivity contribution < 1.29 is 14.7 Å². The van der Waals surface area contributed by atoms with Crippen LogP contribution in [0.1, 0.15) is 38.5 Å². The van der Waals surface area contributed by atoms with E-state index >= 15 is 0 Å². The van der Waals surface area contributed by atoms with Gasteiger partial charge in [-0.15, -0.1) is 0 Å². The van der Waals surface area contributed by atoms with Crippen LogP contribution in [0.5, 0.6) is 0 Å². The van der Waals surface area contributed by atoms with Crippen molar-refractivity contribution in [3.63, 3.8) is 0 Å². The van der Waals surface area contributed by atoms with Gasteiger partial charge in [0.05, 0.1) is 0 Å². The summed E-state index contributed by atoms with van der Waals surface area (Å²) < 4.78 is 0. The first kappa shape index (κ1) is 12.4. The first-order valence-electron chi connectivity index (χ1n) is 6.34. The zero-order valence-corrected chi connectivity index (χ0v) is 10.0. The van der Waals surface area contributed by atoms with Crippen LogP contribution in [-0.4, -0.2) is 40.5 Å². The highest BCUT2D eigenvalue weighted by atomic mass is 16.4. The normalized spacial score (nSPS) is 30.5. The minimum absolute atomic E-state index is 0.0971. The van der Waals surface area contributed by atoms with E-state index in [1.165, 1.54) is 6.42 Å². The van der Waals surface area contributed by atoms with E-state index in [-0.39, 0.29) is 18.4 Å². The van der Waals surface area contributed by atoms with Crippen LogP contribution in [0.4, 0.5) is 0 Å². The Labute approximate surface area is 101 Å². The van der Waals surface area contributed by atoms with Gasteiger partial charge >= 0.3 is 5.97 Å². The molecule has 1 aliphatic heterocycles. The Morgan fingerprint density at radius 2 is 1.88 bits per heavy atom. The zero-order chi connectivity index (χ0) is 12.5. The summed E-state index contributed by atoms with van der Waals surface area (Å²) in [5.41, 5.74) is 4.53. The summed E-state index contributed by atoms with van der Waals surface area (Å²) in [6, 6.07) is 0. The number of hydrogen-bond acceptors (Lipinski definition) is 3. The number of nitrogens with two attached hydrogens (primary N) is 1. The molecule has 5 heteroatoms. The van der Waals surface area contributed by atoms with E-state index in [2.05, 4.69) is 0 Å². The Hall–Kier alpha value is -1.10. The Balaban J connectivity index is 1.95. The molecule has 0 aromatic carbocycles. The molecule has 96 valence electrons. The summed E-state index contributed by atoms with van der Waals surface area (Å²) in [4.78, 5) is 24.8. The van der Waals surface area contributed by atoms with E-state index in [9.17, 15) is 9.59 Å². The number of likely N-dealkylation sites (tertiary alicyclic amines) is 1. The van der Waals surface area contributed by atoms with Crippen molar-refractivity contribution in [3.8, 4) is 0 Å². The SMILES string of the molecule is NC1(C(=O)O)CCN(C(=O)C2CCCCC2)C1. The van der Waals surface area contributed by atoms with Gasteiger partial charge in [-0.1, -0.05) is 19.3 Å². The monoisotopic (exact) mass is 240 g/mol. The summed E-state index contributed by atoms with van der Waals surface area (Å²) in [6.07, 6.45) is 5.67. The number of aliphatic carboxylic acids is 1. The molecule has 0 bridgehead atoms. The summed E-state index contributed by atoms with van der Waals surface area (Å²) >= 11 is 0. The van der Waals surface area contributed by atoms with Crippen molar-refractivity contribution in [2.24, 2.45) is 11.7 Å². The molecule has 2 fully saturated rings. The van der Waals surface area contributed by atoms with Crippen molar-refractivity contribution in [2.75, 3.05) is 13.1 Å². The first-order valence-corrected chi connectivity index (χ1v) is 6.34. The molecule has 1 atom stereocenters. The molecule has 0 aromatic heterocycles. The third-order valence-electron chi connectivity index (χ3n) is 3.99. The van der Waals surface area contributed by atoms with Crippen molar-refractivity contribution >= 4 is 11.9 Å². The Bertz CT molecular complexity index is 326. The summed E-state index contributed by atoms with van der Waals surface area (Å²) in [5, 5.41) is 9.02. The number of carboxylic acids is 1.